The summed E-state index contributed by atoms with van der Waals surface area (Å²) in [5.74, 6) is 0.733. The molecule has 0 saturated carbocycles. The van der Waals surface area contributed by atoms with Gasteiger partial charge in [-0.1, -0.05) is 36.4 Å². The zero-order valence-electron chi connectivity index (χ0n) is 16.2. The van der Waals surface area contributed by atoms with Crippen LogP contribution in [0.5, 0.6) is 0 Å². The Balaban J connectivity index is 1.54. The third-order valence-corrected chi connectivity index (χ3v) is 4.60. The molecule has 0 unspecified atom stereocenters. The molecule has 2 aromatic carbocycles. The number of hydrogen-bond acceptors (Lipinski definition) is 3. The molecule has 2 aromatic heterocycles. The molecule has 0 radical (unpaired) electrons. The predicted octanol–water partition coefficient (Wildman–Crippen LogP) is 5.01. The molecule has 2 heterocycles. The van der Waals surface area contributed by atoms with Crippen molar-refractivity contribution < 1.29 is 9.21 Å². The van der Waals surface area contributed by atoms with Crippen molar-refractivity contribution in [3.8, 4) is 5.69 Å². The number of amides is 2. The number of nitrogens with zero attached hydrogens (tertiary/aromatic N) is 3. The Morgan fingerprint density at radius 2 is 1.90 bits per heavy atom. The van der Waals surface area contributed by atoms with E-state index in [2.05, 4.69) is 10.4 Å². The summed E-state index contributed by atoms with van der Waals surface area (Å²) in [6.45, 7) is 2.85. The molecule has 4 aromatic rings. The molecule has 0 atom stereocenters. The monoisotopic (exact) mass is 386 g/mol. The summed E-state index contributed by atoms with van der Waals surface area (Å²) in [6, 6.07) is 23.0. The Morgan fingerprint density at radius 1 is 1.03 bits per heavy atom. The van der Waals surface area contributed by atoms with Gasteiger partial charge in [0.2, 0.25) is 0 Å². The number of furan rings is 1. The molecule has 0 aliphatic rings. The molecule has 6 heteroatoms. The van der Waals surface area contributed by atoms with Gasteiger partial charge in [0.25, 0.3) is 0 Å². The van der Waals surface area contributed by atoms with Gasteiger partial charge in [0.15, 0.2) is 0 Å². The van der Waals surface area contributed by atoms with Crippen molar-refractivity contribution in [2.45, 2.75) is 20.0 Å². The first-order chi connectivity index (χ1) is 14.2. The summed E-state index contributed by atoms with van der Waals surface area (Å²) < 4.78 is 7.28. The van der Waals surface area contributed by atoms with Gasteiger partial charge in [0.05, 0.1) is 18.5 Å². The predicted molar refractivity (Wildman–Crippen MR) is 112 cm³/mol. The number of benzene rings is 2. The smallest absolute Gasteiger partial charge is 0.322 e. The quantitative estimate of drug-likeness (QED) is 0.507. The highest BCUT2D eigenvalue weighted by Gasteiger charge is 2.16. The van der Waals surface area contributed by atoms with Gasteiger partial charge in [-0.25, -0.2) is 9.48 Å². The first-order valence-corrected chi connectivity index (χ1v) is 9.42. The number of rotatable bonds is 6. The lowest BCUT2D eigenvalue weighted by atomic mass is 10.2. The van der Waals surface area contributed by atoms with Crippen molar-refractivity contribution in [3.05, 3.63) is 102 Å². The summed E-state index contributed by atoms with van der Waals surface area (Å²) in [7, 11) is 0. The van der Waals surface area contributed by atoms with Crippen molar-refractivity contribution in [1.82, 2.24) is 14.7 Å². The Hall–Kier alpha value is -3.80. The summed E-state index contributed by atoms with van der Waals surface area (Å²) >= 11 is 0. The number of aromatic nitrogens is 2. The third kappa shape index (κ3) is 4.55. The summed E-state index contributed by atoms with van der Waals surface area (Å²) in [6.07, 6.45) is 3.37. The van der Waals surface area contributed by atoms with Crippen molar-refractivity contribution >= 4 is 11.7 Å². The fourth-order valence-corrected chi connectivity index (χ4v) is 3.15. The largest absolute Gasteiger partial charge is 0.467 e. The molecule has 0 spiro atoms. The second kappa shape index (κ2) is 8.48. The second-order valence-electron chi connectivity index (χ2n) is 6.79. The zero-order chi connectivity index (χ0) is 20.1. The first kappa shape index (κ1) is 18.6. The zero-order valence-corrected chi connectivity index (χ0v) is 16.2. The van der Waals surface area contributed by atoms with E-state index in [1.807, 2.05) is 84.4 Å². The van der Waals surface area contributed by atoms with E-state index in [1.165, 1.54) is 0 Å². The minimum absolute atomic E-state index is 0.195. The van der Waals surface area contributed by atoms with Crippen molar-refractivity contribution in [3.63, 3.8) is 0 Å². The van der Waals surface area contributed by atoms with Gasteiger partial charge in [-0.3, -0.25) is 0 Å². The van der Waals surface area contributed by atoms with Crippen molar-refractivity contribution in [1.29, 1.82) is 0 Å². The maximum atomic E-state index is 13.1. The number of nitrogens with one attached hydrogen (secondary N) is 1. The van der Waals surface area contributed by atoms with E-state index < -0.39 is 0 Å². The average molecular weight is 386 g/mol. The van der Waals surface area contributed by atoms with Crippen LogP contribution in [0.3, 0.4) is 0 Å². The molecule has 0 fully saturated rings. The fourth-order valence-electron chi connectivity index (χ4n) is 3.15. The van der Waals surface area contributed by atoms with Gasteiger partial charge < -0.3 is 14.6 Å². The minimum atomic E-state index is -0.195. The van der Waals surface area contributed by atoms with Crippen LogP contribution in [0.2, 0.25) is 0 Å². The molecule has 29 heavy (non-hydrogen) atoms. The second-order valence-corrected chi connectivity index (χ2v) is 6.79. The van der Waals surface area contributed by atoms with Crippen LogP contribution in [0.25, 0.3) is 5.69 Å². The lowest BCUT2D eigenvalue weighted by Gasteiger charge is -2.22. The number of hydrogen-bond donors (Lipinski definition) is 1. The van der Waals surface area contributed by atoms with E-state index in [1.54, 1.807) is 17.4 Å². The molecule has 0 bridgehead atoms. The highest BCUT2D eigenvalue weighted by atomic mass is 16.3. The van der Waals surface area contributed by atoms with Crippen molar-refractivity contribution in [2.24, 2.45) is 0 Å². The lowest BCUT2D eigenvalue weighted by Crippen LogP contribution is -2.34. The standard InChI is InChI=1S/C23H22N4O2/c1-18-12-13-24-27(18)21-10-5-9-20(15-21)25-23(28)26(17-22-11-6-14-29-22)16-19-7-3-2-4-8-19/h2-15H,16-17H2,1H3,(H,25,28). The van der Waals surface area contributed by atoms with Crippen LogP contribution in [0.1, 0.15) is 17.0 Å². The number of carbonyl (C=O) groups excluding carboxylic acids is 1. The molecule has 2 amide bonds. The molecular formula is C23H22N4O2. The molecule has 0 aliphatic carbocycles. The van der Waals surface area contributed by atoms with E-state index in [9.17, 15) is 4.79 Å². The highest BCUT2D eigenvalue weighted by Crippen LogP contribution is 2.18. The Bertz CT molecular complexity index is 1070. The summed E-state index contributed by atoms with van der Waals surface area (Å²) in [4.78, 5) is 14.8. The SMILES string of the molecule is Cc1ccnn1-c1cccc(NC(=O)N(Cc2ccccc2)Cc2ccco2)c1. The number of carbonyl (C=O) groups is 1. The van der Waals surface area contributed by atoms with Gasteiger partial charge in [0, 0.05) is 24.1 Å². The van der Waals surface area contributed by atoms with Crippen LogP contribution in [-0.4, -0.2) is 20.7 Å². The Kier molecular flexibility index (Phi) is 5.42. The van der Waals surface area contributed by atoms with E-state index in [-0.39, 0.29) is 6.03 Å². The van der Waals surface area contributed by atoms with Crippen molar-refractivity contribution in [2.75, 3.05) is 5.32 Å². The molecule has 6 nitrogen and oxygen atoms in total. The molecule has 146 valence electrons. The van der Waals surface area contributed by atoms with E-state index in [0.29, 0.717) is 18.8 Å². The minimum Gasteiger partial charge on any atom is -0.467 e. The number of aryl methyl sites for hydroxylation is 1. The molecule has 1 N–H and O–H groups in total. The van der Waals surface area contributed by atoms with Gasteiger partial charge in [-0.2, -0.15) is 5.10 Å². The number of urea groups is 1. The van der Waals surface area contributed by atoms with E-state index in [0.717, 1.165) is 22.7 Å². The van der Waals surface area contributed by atoms with Crippen LogP contribution in [0.15, 0.2) is 89.7 Å². The van der Waals surface area contributed by atoms with Gasteiger partial charge in [0.1, 0.15) is 5.76 Å². The maximum absolute atomic E-state index is 13.1. The summed E-state index contributed by atoms with van der Waals surface area (Å²) in [5, 5.41) is 7.33. The van der Waals surface area contributed by atoms with E-state index >= 15 is 0 Å². The topological polar surface area (TPSA) is 63.3 Å². The van der Waals surface area contributed by atoms with E-state index in [4.69, 9.17) is 4.42 Å². The van der Waals surface area contributed by atoms with Crippen LogP contribution in [-0.2, 0) is 13.1 Å². The first-order valence-electron chi connectivity index (χ1n) is 9.42. The van der Waals surface area contributed by atoms with Crippen LogP contribution in [0, 0.1) is 6.92 Å². The normalized spacial score (nSPS) is 10.7. The fraction of sp³-hybridized carbons (Fsp3) is 0.130. The average Bonchev–Trinajstić information content (AvgIpc) is 3.40. The third-order valence-electron chi connectivity index (χ3n) is 4.60. The van der Waals surface area contributed by atoms with Gasteiger partial charge in [-0.15, -0.1) is 0 Å². The molecule has 0 aliphatic heterocycles. The van der Waals surface area contributed by atoms with Crippen LogP contribution < -0.4 is 5.32 Å². The molecule has 0 saturated heterocycles. The molecular weight excluding hydrogens is 364 g/mol. The van der Waals surface area contributed by atoms with Crippen LogP contribution >= 0.6 is 0 Å². The Labute approximate surface area is 169 Å². The Morgan fingerprint density at radius 3 is 2.62 bits per heavy atom. The van der Waals surface area contributed by atoms with Gasteiger partial charge >= 0.3 is 6.03 Å². The molecule has 4 rings (SSSR count). The maximum Gasteiger partial charge on any atom is 0.322 e. The number of anilines is 1. The lowest BCUT2D eigenvalue weighted by molar-refractivity contribution is 0.201. The highest BCUT2D eigenvalue weighted by molar-refractivity contribution is 5.89. The van der Waals surface area contributed by atoms with Gasteiger partial charge in [-0.05, 0) is 48.9 Å². The summed E-state index contributed by atoms with van der Waals surface area (Å²) in [5.41, 5.74) is 3.68. The van der Waals surface area contributed by atoms with Crippen LogP contribution in [0.4, 0.5) is 10.5 Å².